The normalized spacial score (nSPS) is 11.4. The van der Waals surface area contributed by atoms with Crippen LogP contribution in [0.2, 0.25) is 0 Å². The van der Waals surface area contributed by atoms with Crippen LogP contribution in [0.5, 0.6) is 11.5 Å². The first kappa shape index (κ1) is 28.5. The van der Waals surface area contributed by atoms with Crippen molar-refractivity contribution in [2.24, 2.45) is 0 Å². The number of amides is 2. The van der Waals surface area contributed by atoms with Crippen molar-refractivity contribution in [1.82, 2.24) is 0 Å². The molecule has 0 saturated heterocycles. The molecule has 0 fully saturated rings. The van der Waals surface area contributed by atoms with Gasteiger partial charge in [-0.15, -0.1) is 0 Å². The van der Waals surface area contributed by atoms with Gasteiger partial charge in [-0.1, -0.05) is 39.0 Å². The third-order valence-corrected chi connectivity index (χ3v) is 6.90. The number of hydrogen-bond donors (Lipinski definition) is 2. The van der Waals surface area contributed by atoms with E-state index >= 15 is 0 Å². The topological polar surface area (TPSA) is 114 Å². The zero-order chi connectivity index (χ0) is 28.1. The maximum absolute atomic E-state index is 12.8. The Hall–Kier alpha value is -4.05. The molecule has 9 nitrogen and oxygen atoms in total. The predicted octanol–water partition coefficient (Wildman–Crippen LogP) is 4.66. The van der Waals surface area contributed by atoms with Gasteiger partial charge in [-0.3, -0.25) is 13.9 Å². The van der Waals surface area contributed by atoms with Crippen LogP contribution in [-0.4, -0.2) is 47.3 Å². The number of hydrogen-bond acceptors (Lipinski definition) is 6. The van der Waals surface area contributed by atoms with Crippen molar-refractivity contribution in [2.75, 3.05) is 42.0 Å². The summed E-state index contributed by atoms with van der Waals surface area (Å²) >= 11 is 0. The van der Waals surface area contributed by atoms with Crippen LogP contribution in [0.4, 0.5) is 17.1 Å². The first-order chi connectivity index (χ1) is 17.8. The largest absolute Gasteiger partial charge is 0.493 e. The first-order valence-corrected chi connectivity index (χ1v) is 13.7. The van der Waals surface area contributed by atoms with E-state index < -0.39 is 22.5 Å². The number of nitrogens with one attached hydrogen (secondary N) is 2. The highest BCUT2D eigenvalue weighted by atomic mass is 32.2. The van der Waals surface area contributed by atoms with Gasteiger partial charge in [0.25, 0.3) is 5.91 Å². The van der Waals surface area contributed by atoms with Crippen LogP contribution in [0.1, 0.15) is 36.7 Å². The summed E-state index contributed by atoms with van der Waals surface area (Å²) in [7, 11) is -0.891. The van der Waals surface area contributed by atoms with E-state index in [4.69, 9.17) is 9.47 Å². The second-order valence-corrected chi connectivity index (χ2v) is 11.6. The number of rotatable bonds is 9. The summed E-state index contributed by atoms with van der Waals surface area (Å²) in [6.45, 7) is 5.84. The third kappa shape index (κ3) is 7.25. The van der Waals surface area contributed by atoms with Crippen molar-refractivity contribution in [3.63, 3.8) is 0 Å². The Bertz CT molecular complexity index is 1410. The molecule has 0 radical (unpaired) electrons. The quantitative estimate of drug-likeness (QED) is 0.409. The molecule has 202 valence electrons. The second kappa shape index (κ2) is 11.6. The fourth-order valence-electron chi connectivity index (χ4n) is 3.71. The second-order valence-electron chi connectivity index (χ2n) is 9.72. The fourth-order valence-corrected chi connectivity index (χ4v) is 4.56. The molecule has 0 atom stereocenters. The van der Waals surface area contributed by atoms with Crippen LogP contribution in [0.3, 0.4) is 0 Å². The van der Waals surface area contributed by atoms with Gasteiger partial charge < -0.3 is 20.1 Å². The van der Waals surface area contributed by atoms with Gasteiger partial charge >= 0.3 is 0 Å². The molecule has 0 bridgehead atoms. The minimum absolute atomic E-state index is 0.0202. The number of sulfonamides is 1. The van der Waals surface area contributed by atoms with Crippen LogP contribution < -0.4 is 24.4 Å². The van der Waals surface area contributed by atoms with Crippen molar-refractivity contribution in [3.8, 4) is 11.5 Å². The minimum atomic E-state index is -3.80. The molecule has 0 aliphatic carbocycles. The molecule has 0 heterocycles. The van der Waals surface area contributed by atoms with Crippen LogP contribution in [0.25, 0.3) is 0 Å². The lowest BCUT2D eigenvalue weighted by molar-refractivity contribution is -0.114. The lowest BCUT2D eigenvalue weighted by Crippen LogP contribution is -2.37. The van der Waals surface area contributed by atoms with Crippen molar-refractivity contribution in [3.05, 3.63) is 77.9 Å². The molecule has 3 aromatic carbocycles. The van der Waals surface area contributed by atoms with Crippen LogP contribution in [0, 0.1) is 0 Å². The average molecular weight is 540 g/mol. The fraction of sp³-hybridized carbons (Fsp3) is 0.286. The molecular weight excluding hydrogens is 506 g/mol. The van der Waals surface area contributed by atoms with Gasteiger partial charge in [-0.25, -0.2) is 8.42 Å². The molecule has 0 unspecified atom stereocenters. The summed E-state index contributed by atoms with van der Waals surface area (Å²) in [4.78, 5) is 25.6. The lowest BCUT2D eigenvalue weighted by atomic mass is 9.87. The van der Waals surface area contributed by atoms with E-state index in [0.29, 0.717) is 28.4 Å². The Kier molecular flexibility index (Phi) is 8.67. The predicted molar refractivity (Wildman–Crippen MR) is 150 cm³/mol. The smallest absolute Gasteiger partial charge is 0.255 e. The molecule has 38 heavy (non-hydrogen) atoms. The van der Waals surface area contributed by atoms with Gasteiger partial charge in [-0.2, -0.15) is 0 Å². The van der Waals surface area contributed by atoms with Gasteiger partial charge in [0.1, 0.15) is 6.54 Å². The monoisotopic (exact) mass is 539 g/mol. The summed E-state index contributed by atoms with van der Waals surface area (Å²) in [5, 5.41) is 5.51. The SMILES string of the molecule is COc1ccc(N(CC(=O)Nc2cccc(NC(=O)c3ccc(C(C)(C)C)cc3)c2)S(C)(=O)=O)cc1OC. The van der Waals surface area contributed by atoms with Crippen molar-refractivity contribution in [2.45, 2.75) is 26.2 Å². The number of nitrogens with zero attached hydrogens (tertiary/aromatic N) is 1. The van der Waals surface area contributed by atoms with E-state index in [0.717, 1.165) is 16.1 Å². The highest BCUT2D eigenvalue weighted by Crippen LogP contribution is 2.32. The molecule has 0 saturated carbocycles. The summed E-state index contributed by atoms with van der Waals surface area (Å²) in [5.41, 5.74) is 2.73. The minimum Gasteiger partial charge on any atom is -0.493 e. The van der Waals surface area contributed by atoms with Gasteiger partial charge in [0.05, 0.1) is 26.2 Å². The molecule has 3 rings (SSSR count). The van der Waals surface area contributed by atoms with Gasteiger partial charge in [0, 0.05) is 23.0 Å². The Morgan fingerprint density at radius 1 is 0.842 bits per heavy atom. The van der Waals surface area contributed by atoms with Crippen molar-refractivity contribution in [1.29, 1.82) is 0 Å². The Morgan fingerprint density at radius 3 is 2.00 bits per heavy atom. The average Bonchev–Trinajstić information content (AvgIpc) is 2.86. The zero-order valence-corrected chi connectivity index (χ0v) is 23.2. The van der Waals surface area contributed by atoms with E-state index in [1.54, 1.807) is 42.5 Å². The van der Waals surface area contributed by atoms with E-state index in [1.807, 2.05) is 12.1 Å². The molecule has 2 N–H and O–H groups in total. The molecule has 0 aliphatic rings. The summed E-state index contributed by atoms with van der Waals surface area (Å²) in [6, 6.07) is 18.6. The number of ether oxygens (including phenoxy) is 2. The van der Waals surface area contributed by atoms with E-state index in [2.05, 4.69) is 31.4 Å². The molecule has 2 amide bonds. The standard InChI is InChI=1S/C28H33N3O6S/c1-28(2,3)20-12-10-19(11-13-20)27(33)30-22-9-7-8-21(16-22)29-26(32)18-31(38(6,34)35)23-14-15-24(36-4)25(17-23)37-5/h7-17H,18H2,1-6H3,(H,29,32)(H,30,33). The number of carbonyl (C=O) groups is 2. The van der Waals surface area contributed by atoms with Crippen LogP contribution in [0.15, 0.2) is 66.7 Å². The maximum Gasteiger partial charge on any atom is 0.255 e. The van der Waals surface area contributed by atoms with Gasteiger partial charge in [-0.05, 0) is 53.4 Å². The Balaban J connectivity index is 1.72. The first-order valence-electron chi connectivity index (χ1n) is 11.8. The third-order valence-electron chi connectivity index (χ3n) is 5.76. The number of carbonyl (C=O) groups excluding carboxylic acids is 2. The van der Waals surface area contributed by atoms with Crippen molar-refractivity contribution < 1.29 is 27.5 Å². The Labute approximate surface area is 223 Å². The number of benzene rings is 3. The zero-order valence-electron chi connectivity index (χ0n) is 22.4. The van der Waals surface area contributed by atoms with E-state index in [1.165, 1.54) is 26.4 Å². The summed E-state index contributed by atoms with van der Waals surface area (Å²) in [6.07, 6.45) is 1.02. The van der Waals surface area contributed by atoms with E-state index in [9.17, 15) is 18.0 Å². The molecule has 3 aromatic rings. The maximum atomic E-state index is 12.8. The summed E-state index contributed by atoms with van der Waals surface area (Å²) < 4.78 is 36.4. The number of anilines is 3. The molecule has 10 heteroatoms. The van der Waals surface area contributed by atoms with Crippen LogP contribution in [-0.2, 0) is 20.2 Å². The molecular formula is C28H33N3O6S. The lowest BCUT2D eigenvalue weighted by Gasteiger charge is -2.23. The van der Waals surface area contributed by atoms with Gasteiger partial charge in [0.2, 0.25) is 15.9 Å². The Morgan fingerprint density at radius 2 is 1.45 bits per heavy atom. The molecule has 0 spiro atoms. The molecule has 0 aromatic heterocycles. The molecule has 0 aliphatic heterocycles. The summed E-state index contributed by atoms with van der Waals surface area (Å²) in [5.74, 6) is -0.0918. The highest BCUT2D eigenvalue weighted by Gasteiger charge is 2.22. The van der Waals surface area contributed by atoms with E-state index in [-0.39, 0.29) is 17.0 Å². The highest BCUT2D eigenvalue weighted by molar-refractivity contribution is 7.92. The van der Waals surface area contributed by atoms with Gasteiger partial charge in [0.15, 0.2) is 11.5 Å². The van der Waals surface area contributed by atoms with Crippen molar-refractivity contribution >= 4 is 38.9 Å². The number of methoxy groups -OCH3 is 2. The van der Waals surface area contributed by atoms with Crippen LogP contribution >= 0.6 is 0 Å².